The molecule has 110 valence electrons. The summed E-state index contributed by atoms with van der Waals surface area (Å²) in [6.45, 7) is 0.519. The summed E-state index contributed by atoms with van der Waals surface area (Å²) in [7, 11) is -2.26. The van der Waals surface area contributed by atoms with E-state index in [4.69, 9.17) is 17.3 Å². The Kier molecular flexibility index (Phi) is 4.29. The Labute approximate surface area is 130 Å². The Morgan fingerprint density at radius 1 is 1.50 bits per heavy atom. The van der Waals surface area contributed by atoms with Crippen molar-refractivity contribution in [2.24, 2.45) is 0 Å². The Morgan fingerprint density at radius 2 is 2.15 bits per heavy atom. The first kappa shape index (κ1) is 15.6. The molecule has 1 unspecified atom stereocenters. The molecule has 1 saturated heterocycles. The van der Waals surface area contributed by atoms with Crippen LogP contribution in [0.15, 0.2) is 21.5 Å². The lowest BCUT2D eigenvalue weighted by molar-refractivity contribution is -0.127. The van der Waals surface area contributed by atoms with E-state index in [0.717, 1.165) is 0 Å². The van der Waals surface area contributed by atoms with E-state index >= 15 is 0 Å². The molecule has 1 fully saturated rings. The molecule has 0 aliphatic carbocycles. The van der Waals surface area contributed by atoms with E-state index in [1.165, 1.54) is 17.0 Å². The number of likely N-dealkylation sites (tertiary alicyclic amines) is 1. The van der Waals surface area contributed by atoms with Crippen molar-refractivity contribution in [2.45, 2.75) is 17.4 Å². The fourth-order valence-electron chi connectivity index (χ4n) is 1.96. The molecular formula is C11H13BrClN3O3S. The third kappa shape index (κ3) is 2.93. The van der Waals surface area contributed by atoms with Gasteiger partial charge in [-0.05, 0) is 34.5 Å². The van der Waals surface area contributed by atoms with Crippen LogP contribution in [0.3, 0.4) is 0 Å². The second-order valence-electron chi connectivity index (χ2n) is 4.53. The van der Waals surface area contributed by atoms with Gasteiger partial charge in [0.2, 0.25) is 15.9 Å². The van der Waals surface area contributed by atoms with Crippen LogP contribution in [-0.4, -0.2) is 38.9 Å². The maximum Gasteiger partial charge on any atom is 0.242 e. The summed E-state index contributed by atoms with van der Waals surface area (Å²) in [6, 6.07) is 1.98. The quantitative estimate of drug-likeness (QED) is 0.768. The van der Waals surface area contributed by atoms with Crippen LogP contribution in [0.5, 0.6) is 0 Å². The minimum atomic E-state index is -3.88. The summed E-state index contributed by atoms with van der Waals surface area (Å²) < 4.78 is 27.3. The first-order valence-corrected chi connectivity index (χ1v) is 8.39. The molecule has 2 rings (SSSR count). The number of halogens is 2. The lowest BCUT2D eigenvalue weighted by Gasteiger charge is -2.14. The number of benzene rings is 1. The molecule has 1 heterocycles. The van der Waals surface area contributed by atoms with Crippen LogP contribution in [0.1, 0.15) is 6.42 Å². The fourth-order valence-corrected chi connectivity index (χ4v) is 4.48. The molecule has 0 radical (unpaired) electrons. The lowest BCUT2D eigenvalue weighted by atomic mass is 10.3. The molecule has 1 aromatic carbocycles. The third-order valence-electron chi connectivity index (χ3n) is 3.05. The Balaban J connectivity index is 2.34. The molecule has 1 aromatic rings. The van der Waals surface area contributed by atoms with E-state index < -0.39 is 16.1 Å². The van der Waals surface area contributed by atoms with Crippen molar-refractivity contribution in [3.63, 3.8) is 0 Å². The molecule has 1 aliphatic rings. The van der Waals surface area contributed by atoms with E-state index in [1.54, 1.807) is 7.05 Å². The van der Waals surface area contributed by atoms with Crippen molar-refractivity contribution in [1.82, 2.24) is 9.62 Å². The number of hydrogen-bond acceptors (Lipinski definition) is 4. The monoisotopic (exact) mass is 381 g/mol. The second kappa shape index (κ2) is 5.51. The smallest absolute Gasteiger partial charge is 0.242 e. The Hall–Kier alpha value is -0.830. The highest BCUT2D eigenvalue weighted by Gasteiger charge is 2.33. The van der Waals surface area contributed by atoms with Crippen molar-refractivity contribution in [3.8, 4) is 0 Å². The van der Waals surface area contributed by atoms with Crippen LogP contribution in [0.2, 0.25) is 5.02 Å². The number of hydrogen-bond donors (Lipinski definition) is 2. The zero-order valence-corrected chi connectivity index (χ0v) is 13.7. The number of nitrogens with two attached hydrogens (primary N) is 1. The average Bonchev–Trinajstić information content (AvgIpc) is 2.65. The molecule has 9 heteroatoms. The maximum atomic E-state index is 12.3. The van der Waals surface area contributed by atoms with Gasteiger partial charge in [-0.2, -0.15) is 4.72 Å². The van der Waals surface area contributed by atoms with Crippen LogP contribution in [-0.2, 0) is 14.8 Å². The van der Waals surface area contributed by atoms with E-state index in [1.807, 2.05) is 0 Å². The third-order valence-corrected chi connectivity index (χ3v) is 5.91. The van der Waals surface area contributed by atoms with Gasteiger partial charge >= 0.3 is 0 Å². The van der Waals surface area contributed by atoms with Crippen molar-refractivity contribution in [1.29, 1.82) is 0 Å². The zero-order chi connectivity index (χ0) is 15.1. The van der Waals surface area contributed by atoms with Crippen LogP contribution in [0.4, 0.5) is 5.69 Å². The fraction of sp³-hybridized carbons (Fsp3) is 0.364. The lowest BCUT2D eigenvalue weighted by Crippen LogP contribution is -2.40. The highest BCUT2D eigenvalue weighted by molar-refractivity contribution is 9.10. The van der Waals surface area contributed by atoms with Gasteiger partial charge in [-0.15, -0.1) is 0 Å². The van der Waals surface area contributed by atoms with Gasteiger partial charge in [0, 0.05) is 24.3 Å². The SMILES string of the molecule is CN1CCC(NS(=O)(=O)c2cc(Cl)cc(N)c2Br)C1=O. The number of rotatable bonds is 3. The predicted molar refractivity (Wildman–Crippen MR) is 79.9 cm³/mol. The summed E-state index contributed by atoms with van der Waals surface area (Å²) in [5, 5.41) is 0.209. The zero-order valence-electron chi connectivity index (χ0n) is 10.6. The summed E-state index contributed by atoms with van der Waals surface area (Å²) >= 11 is 8.96. The maximum absolute atomic E-state index is 12.3. The number of nitrogen functional groups attached to an aromatic ring is 1. The first-order chi connectivity index (χ1) is 9.22. The molecule has 6 nitrogen and oxygen atoms in total. The number of carbonyl (C=O) groups excluding carboxylic acids is 1. The topological polar surface area (TPSA) is 92.5 Å². The van der Waals surface area contributed by atoms with Crippen LogP contribution < -0.4 is 10.5 Å². The number of amides is 1. The minimum Gasteiger partial charge on any atom is -0.398 e. The molecular weight excluding hydrogens is 370 g/mol. The number of anilines is 1. The van der Waals surface area contributed by atoms with Gasteiger partial charge in [-0.3, -0.25) is 4.79 Å². The highest BCUT2D eigenvalue weighted by Crippen LogP contribution is 2.31. The number of nitrogens with zero attached hydrogens (tertiary/aromatic N) is 1. The first-order valence-electron chi connectivity index (χ1n) is 5.74. The number of carbonyl (C=O) groups is 1. The van der Waals surface area contributed by atoms with Gasteiger partial charge in [-0.25, -0.2) is 8.42 Å². The van der Waals surface area contributed by atoms with Gasteiger partial charge in [0.15, 0.2) is 0 Å². The Morgan fingerprint density at radius 3 is 2.70 bits per heavy atom. The summed E-state index contributed by atoms with van der Waals surface area (Å²) in [6.07, 6.45) is 0.433. The molecule has 20 heavy (non-hydrogen) atoms. The van der Waals surface area contributed by atoms with Gasteiger partial charge in [0.25, 0.3) is 0 Å². The van der Waals surface area contributed by atoms with Gasteiger partial charge in [0.1, 0.15) is 6.04 Å². The van der Waals surface area contributed by atoms with Crippen molar-refractivity contribution in [2.75, 3.05) is 19.3 Å². The summed E-state index contributed by atoms with van der Waals surface area (Å²) in [5.41, 5.74) is 5.89. The van der Waals surface area contributed by atoms with E-state index in [9.17, 15) is 13.2 Å². The van der Waals surface area contributed by atoms with E-state index in [0.29, 0.717) is 13.0 Å². The van der Waals surface area contributed by atoms with Gasteiger partial charge < -0.3 is 10.6 Å². The average molecular weight is 383 g/mol. The summed E-state index contributed by atoms with van der Waals surface area (Å²) in [4.78, 5) is 13.2. The highest BCUT2D eigenvalue weighted by atomic mass is 79.9. The number of sulfonamides is 1. The molecule has 3 N–H and O–H groups in total. The predicted octanol–water partition coefficient (Wildman–Crippen LogP) is 1.19. The molecule has 0 bridgehead atoms. The van der Waals surface area contributed by atoms with Gasteiger partial charge in [0.05, 0.1) is 9.37 Å². The van der Waals surface area contributed by atoms with Crippen LogP contribution >= 0.6 is 27.5 Å². The minimum absolute atomic E-state index is 0.0788. The molecule has 1 amide bonds. The standard InChI is InChI=1S/C11H13BrClN3O3S/c1-16-3-2-8(11(16)17)15-20(18,19)9-5-6(13)4-7(14)10(9)12/h4-5,8,15H,2-3,14H2,1H3. The van der Waals surface area contributed by atoms with Crippen LogP contribution in [0, 0.1) is 0 Å². The van der Waals surface area contributed by atoms with Gasteiger partial charge in [-0.1, -0.05) is 11.6 Å². The Bertz CT molecular complexity index is 665. The van der Waals surface area contributed by atoms with Crippen LogP contribution in [0.25, 0.3) is 0 Å². The van der Waals surface area contributed by atoms with Crippen molar-refractivity contribution < 1.29 is 13.2 Å². The van der Waals surface area contributed by atoms with Crippen molar-refractivity contribution >= 4 is 49.1 Å². The van der Waals surface area contributed by atoms with E-state index in [-0.39, 0.29) is 26.0 Å². The largest absolute Gasteiger partial charge is 0.398 e. The number of nitrogens with one attached hydrogen (secondary N) is 1. The van der Waals surface area contributed by atoms with E-state index in [2.05, 4.69) is 20.7 Å². The van der Waals surface area contributed by atoms with Crippen molar-refractivity contribution in [3.05, 3.63) is 21.6 Å². The molecule has 0 saturated carbocycles. The molecule has 1 atom stereocenters. The normalized spacial score (nSPS) is 19.6. The molecule has 0 aromatic heterocycles. The molecule has 1 aliphatic heterocycles. The summed E-state index contributed by atoms with van der Waals surface area (Å²) in [5.74, 6) is -0.250. The number of likely N-dealkylation sites (N-methyl/N-ethyl adjacent to an activating group) is 1. The second-order valence-corrected chi connectivity index (χ2v) is 7.44. The molecule has 0 spiro atoms.